The average molecular weight is 204 g/mol. The van der Waals surface area contributed by atoms with Crippen molar-refractivity contribution in [1.29, 1.82) is 0 Å². The minimum atomic E-state index is 0.501. The Balaban J connectivity index is 2.20. The largest absolute Gasteiger partial charge is 0.357 e. The van der Waals surface area contributed by atoms with Crippen molar-refractivity contribution in [3.05, 3.63) is 24.4 Å². The molecule has 1 fully saturated rings. The van der Waals surface area contributed by atoms with Crippen molar-refractivity contribution in [2.24, 2.45) is 10.9 Å². The molecule has 0 bridgehead atoms. The predicted octanol–water partition coefficient (Wildman–Crippen LogP) is 2.98. The van der Waals surface area contributed by atoms with Gasteiger partial charge in [0.2, 0.25) is 0 Å². The van der Waals surface area contributed by atoms with Gasteiger partial charge in [-0.15, -0.1) is 0 Å². The molecule has 0 amide bonds. The summed E-state index contributed by atoms with van der Waals surface area (Å²) >= 11 is 0. The van der Waals surface area contributed by atoms with Crippen LogP contribution in [-0.4, -0.2) is 23.3 Å². The molecule has 2 heterocycles. The highest BCUT2D eigenvalue weighted by Crippen LogP contribution is 2.23. The molecule has 0 N–H and O–H groups in total. The smallest absolute Gasteiger partial charge is 0.111 e. The van der Waals surface area contributed by atoms with Gasteiger partial charge in [0.05, 0.1) is 0 Å². The first kappa shape index (κ1) is 10.5. The molecular weight excluding hydrogens is 184 g/mol. The second-order valence-electron chi connectivity index (χ2n) is 4.41. The normalized spacial score (nSPS) is 30.5. The van der Waals surface area contributed by atoms with Crippen LogP contribution in [0.4, 0.5) is 0 Å². The first-order chi connectivity index (χ1) is 7.33. The minimum absolute atomic E-state index is 0.501. The third kappa shape index (κ3) is 2.14. The van der Waals surface area contributed by atoms with E-state index in [4.69, 9.17) is 0 Å². The Morgan fingerprint density at radius 3 is 3.00 bits per heavy atom. The van der Waals surface area contributed by atoms with Gasteiger partial charge in [0.15, 0.2) is 0 Å². The summed E-state index contributed by atoms with van der Waals surface area (Å²) in [6.45, 7) is 5.72. The number of allylic oxidation sites excluding steroid dienone is 2. The van der Waals surface area contributed by atoms with E-state index in [9.17, 15) is 0 Å². The predicted molar refractivity (Wildman–Crippen MR) is 64.9 cm³/mol. The minimum Gasteiger partial charge on any atom is -0.357 e. The van der Waals surface area contributed by atoms with Crippen molar-refractivity contribution in [1.82, 2.24) is 4.90 Å². The van der Waals surface area contributed by atoms with Crippen LogP contribution < -0.4 is 0 Å². The van der Waals surface area contributed by atoms with Gasteiger partial charge in [-0.3, -0.25) is 0 Å². The van der Waals surface area contributed by atoms with Crippen LogP contribution >= 0.6 is 0 Å². The first-order valence-corrected chi connectivity index (χ1v) is 6.00. The summed E-state index contributed by atoms with van der Waals surface area (Å²) in [5, 5.41) is 0. The van der Waals surface area contributed by atoms with E-state index >= 15 is 0 Å². The molecule has 2 rings (SSSR count). The van der Waals surface area contributed by atoms with Gasteiger partial charge in [-0.05, 0) is 32.3 Å². The van der Waals surface area contributed by atoms with Crippen molar-refractivity contribution in [3.8, 4) is 0 Å². The molecule has 2 unspecified atom stereocenters. The van der Waals surface area contributed by atoms with E-state index in [0.717, 1.165) is 6.42 Å². The highest BCUT2D eigenvalue weighted by atomic mass is 15.2. The molecule has 82 valence electrons. The summed E-state index contributed by atoms with van der Waals surface area (Å²) in [4.78, 5) is 7.09. The monoisotopic (exact) mass is 204 g/mol. The van der Waals surface area contributed by atoms with E-state index in [0.29, 0.717) is 12.0 Å². The molecule has 2 aliphatic rings. The van der Waals surface area contributed by atoms with Crippen molar-refractivity contribution >= 4 is 5.84 Å². The lowest BCUT2D eigenvalue weighted by molar-refractivity contribution is 0.395. The fraction of sp³-hybridized carbons (Fsp3) is 0.615. The van der Waals surface area contributed by atoms with Gasteiger partial charge in [-0.25, -0.2) is 4.99 Å². The summed E-state index contributed by atoms with van der Waals surface area (Å²) in [7, 11) is 0. The molecule has 0 spiro atoms. The lowest BCUT2D eigenvalue weighted by Gasteiger charge is -2.28. The highest BCUT2D eigenvalue weighted by molar-refractivity contribution is 5.87. The molecule has 0 saturated carbocycles. The Hall–Kier alpha value is -1.05. The third-order valence-corrected chi connectivity index (χ3v) is 3.37. The van der Waals surface area contributed by atoms with E-state index in [1.165, 1.54) is 25.2 Å². The van der Waals surface area contributed by atoms with Crippen LogP contribution in [0.15, 0.2) is 29.4 Å². The van der Waals surface area contributed by atoms with Crippen molar-refractivity contribution in [3.63, 3.8) is 0 Å². The lowest BCUT2D eigenvalue weighted by atomic mass is 10.0. The lowest BCUT2D eigenvalue weighted by Crippen LogP contribution is -2.37. The van der Waals surface area contributed by atoms with E-state index in [1.54, 1.807) is 0 Å². The Morgan fingerprint density at radius 2 is 2.33 bits per heavy atom. The summed E-state index contributed by atoms with van der Waals surface area (Å²) < 4.78 is 0. The van der Waals surface area contributed by atoms with E-state index in [2.05, 4.69) is 35.9 Å². The van der Waals surface area contributed by atoms with E-state index in [1.807, 2.05) is 12.3 Å². The van der Waals surface area contributed by atoms with Crippen LogP contribution in [0, 0.1) is 5.92 Å². The Morgan fingerprint density at radius 1 is 1.47 bits per heavy atom. The topological polar surface area (TPSA) is 15.6 Å². The molecule has 2 atom stereocenters. The second kappa shape index (κ2) is 4.65. The maximum absolute atomic E-state index is 4.61. The van der Waals surface area contributed by atoms with Crippen molar-refractivity contribution in [2.75, 3.05) is 6.54 Å². The summed E-state index contributed by atoms with van der Waals surface area (Å²) in [5.41, 5.74) is 0. The fourth-order valence-electron chi connectivity index (χ4n) is 2.43. The molecule has 2 nitrogen and oxygen atoms in total. The average Bonchev–Trinajstić information content (AvgIpc) is 2.54. The van der Waals surface area contributed by atoms with Gasteiger partial charge >= 0.3 is 0 Å². The molecule has 2 heteroatoms. The molecule has 0 aromatic heterocycles. The van der Waals surface area contributed by atoms with Gasteiger partial charge in [0.1, 0.15) is 5.84 Å². The van der Waals surface area contributed by atoms with E-state index < -0.39 is 0 Å². The van der Waals surface area contributed by atoms with Gasteiger partial charge in [0, 0.05) is 24.7 Å². The van der Waals surface area contributed by atoms with Gasteiger partial charge in [-0.2, -0.15) is 0 Å². The Kier molecular flexibility index (Phi) is 3.24. The molecule has 0 radical (unpaired) electrons. The van der Waals surface area contributed by atoms with Crippen LogP contribution in [0.1, 0.15) is 33.1 Å². The number of aliphatic imine (C=N–C) groups is 1. The Bertz CT molecular complexity index is 302. The van der Waals surface area contributed by atoms with Crippen LogP contribution in [0.3, 0.4) is 0 Å². The molecule has 0 aromatic rings. The molecule has 15 heavy (non-hydrogen) atoms. The number of hydrogen-bond acceptors (Lipinski definition) is 2. The first-order valence-electron chi connectivity index (χ1n) is 6.00. The summed E-state index contributed by atoms with van der Waals surface area (Å²) in [6, 6.07) is 0.665. The maximum atomic E-state index is 4.61. The number of amidine groups is 1. The Labute approximate surface area is 92.4 Å². The van der Waals surface area contributed by atoms with Crippen molar-refractivity contribution < 1.29 is 0 Å². The SMILES string of the molecule is CCC1C=CC=CN=C1N1CCCC1C. The zero-order valence-electron chi connectivity index (χ0n) is 9.69. The molecule has 2 aliphatic heterocycles. The summed E-state index contributed by atoms with van der Waals surface area (Å²) in [5.74, 6) is 1.77. The maximum Gasteiger partial charge on any atom is 0.111 e. The molecule has 1 saturated heterocycles. The van der Waals surface area contributed by atoms with E-state index in [-0.39, 0.29) is 0 Å². The zero-order chi connectivity index (χ0) is 10.7. The fourth-order valence-corrected chi connectivity index (χ4v) is 2.43. The summed E-state index contributed by atoms with van der Waals surface area (Å²) in [6.07, 6.45) is 12.1. The quantitative estimate of drug-likeness (QED) is 0.641. The zero-order valence-corrected chi connectivity index (χ0v) is 9.69. The number of nitrogens with zero attached hydrogens (tertiary/aromatic N) is 2. The van der Waals surface area contributed by atoms with Gasteiger partial charge in [-0.1, -0.05) is 19.1 Å². The molecule has 0 aromatic carbocycles. The van der Waals surface area contributed by atoms with Gasteiger partial charge < -0.3 is 4.90 Å². The highest BCUT2D eigenvalue weighted by Gasteiger charge is 2.26. The molecule has 0 aliphatic carbocycles. The van der Waals surface area contributed by atoms with Crippen LogP contribution in [-0.2, 0) is 0 Å². The van der Waals surface area contributed by atoms with Gasteiger partial charge in [0.25, 0.3) is 0 Å². The molecular formula is C13H20N2. The van der Waals surface area contributed by atoms with Crippen LogP contribution in [0.2, 0.25) is 0 Å². The van der Waals surface area contributed by atoms with Crippen LogP contribution in [0.25, 0.3) is 0 Å². The third-order valence-electron chi connectivity index (χ3n) is 3.37. The number of rotatable bonds is 1. The number of likely N-dealkylation sites (tertiary alicyclic amines) is 1. The standard InChI is InChI=1S/C13H20N2/c1-3-12-8-4-5-9-14-13(12)15-10-6-7-11(15)2/h4-5,8-9,11-12H,3,6-7,10H2,1-2H3. The van der Waals surface area contributed by atoms with Crippen LogP contribution in [0.5, 0.6) is 0 Å². The van der Waals surface area contributed by atoms with Crippen molar-refractivity contribution in [2.45, 2.75) is 39.2 Å². The second-order valence-corrected chi connectivity index (χ2v) is 4.41. The number of hydrogen-bond donors (Lipinski definition) is 0.